The lowest BCUT2D eigenvalue weighted by Gasteiger charge is -2.24. The van der Waals surface area contributed by atoms with Crippen LogP contribution in [-0.4, -0.2) is 45.8 Å². The molecule has 0 heterocycles. The van der Waals surface area contributed by atoms with Gasteiger partial charge in [-0.1, -0.05) is 19.3 Å². The first-order valence-electron chi connectivity index (χ1n) is 7.37. The Morgan fingerprint density at radius 3 is 2.45 bits per heavy atom. The molecule has 0 aromatic heterocycles. The molecule has 0 aromatic rings. The quantitative estimate of drug-likeness (QED) is 0.565. The van der Waals surface area contributed by atoms with Gasteiger partial charge in [-0.05, 0) is 32.7 Å². The van der Waals surface area contributed by atoms with Gasteiger partial charge >= 0.3 is 0 Å². The molecule has 3 N–H and O–H groups in total. The van der Waals surface area contributed by atoms with Gasteiger partial charge in [-0.2, -0.15) is 0 Å². The van der Waals surface area contributed by atoms with Crippen LogP contribution in [0.5, 0.6) is 0 Å². The van der Waals surface area contributed by atoms with Gasteiger partial charge in [-0.25, -0.2) is 13.1 Å². The van der Waals surface area contributed by atoms with Gasteiger partial charge in [-0.3, -0.25) is 4.79 Å². The standard InChI is InChI=1S/C13H27N3O3S/c1-11(14-9-6-10-15-20(2,18)19)13(17)16-12-7-4-3-5-8-12/h11-12,14-15H,3-10H2,1-2H3,(H,16,17). The number of amides is 1. The van der Waals surface area contributed by atoms with Crippen LogP contribution < -0.4 is 15.4 Å². The molecule has 0 aliphatic heterocycles. The van der Waals surface area contributed by atoms with Crippen molar-refractivity contribution in [1.29, 1.82) is 0 Å². The molecule has 118 valence electrons. The zero-order valence-corrected chi connectivity index (χ0v) is 13.3. The molecule has 1 unspecified atom stereocenters. The Morgan fingerprint density at radius 1 is 1.20 bits per heavy atom. The number of carbonyl (C=O) groups excluding carboxylic acids is 1. The van der Waals surface area contributed by atoms with Gasteiger partial charge in [0.25, 0.3) is 0 Å². The van der Waals surface area contributed by atoms with E-state index in [1.54, 1.807) is 0 Å². The van der Waals surface area contributed by atoms with Crippen LogP contribution in [0.15, 0.2) is 0 Å². The Hall–Kier alpha value is -0.660. The van der Waals surface area contributed by atoms with Crippen molar-refractivity contribution in [1.82, 2.24) is 15.4 Å². The Labute approximate surface area is 122 Å². The van der Waals surface area contributed by atoms with Crippen molar-refractivity contribution in [2.75, 3.05) is 19.3 Å². The number of hydrogen-bond acceptors (Lipinski definition) is 4. The summed E-state index contributed by atoms with van der Waals surface area (Å²) in [5.74, 6) is 0.0352. The summed E-state index contributed by atoms with van der Waals surface area (Å²) in [7, 11) is -3.12. The maximum absolute atomic E-state index is 11.9. The molecule has 1 aliphatic rings. The molecule has 0 aromatic carbocycles. The van der Waals surface area contributed by atoms with Crippen molar-refractivity contribution in [3.8, 4) is 0 Å². The van der Waals surface area contributed by atoms with Crippen LogP contribution in [0.4, 0.5) is 0 Å². The lowest BCUT2D eigenvalue weighted by molar-refractivity contribution is -0.123. The number of sulfonamides is 1. The molecule has 6 nitrogen and oxygen atoms in total. The summed E-state index contributed by atoms with van der Waals surface area (Å²) < 4.78 is 24.1. The Morgan fingerprint density at radius 2 is 1.85 bits per heavy atom. The molecule has 1 saturated carbocycles. The highest BCUT2D eigenvalue weighted by Crippen LogP contribution is 2.17. The van der Waals surface area contributed by atoms with E-state index >= 15 is 0 Å². The molecule has 0 spiro atoms. The summed E-state index contributed by atoms with van der Waals surface area (Å²) in [6.45, 7) is 2.84. The van der Waals surface area contributed by atoms with Gasteiger partial charge in [-0.15, -0.1) is 0 Å². The third-order valence-electron chi connectivity index (χ3n) is 3.51. The number of rotatable bonds is 8. The van der Waals surface area contributed by atoms with Crippen molar-refractivity contribution in [2.24, 2.45) is 0 Å². The summed E-state index contributed by atoms with van der Waals surface area (Å²) in [5.41, 5.74) is 0. The highest BCUT2D eigenvalue weighted by atomic mass is 32.2. The van der Waals surface area contributed by atoms with Gasteiger partial charge in [0.05, 0.1) is 12.3 Å². The first kappa shape index (κ1) is 17.4. The van der Waals surface area contributed by atoms with Crippen LogP contribution in [0, 0.1) is 0 Å². The number of carbonyl (C=O) groups is 1. The summed E-state index contributed by atoms with van der Waals surface area (Å²) in [4.78, 5) is 11.9. The summed E-state index contributed by atoms with van der Waals surface area (Å²) in [6, 6.07) is 0.0857. The van der Waals surface area contributed by atoms with Crippen molar-refractivity contribution in [3.63, 3.8) is 0 Å². The van der Waals surface area contributed by atoms with Crippen molar-refractivity contribution in [2.45, 2.75) is 57.5 Å². The van der Waals surface area contributed by atoms with E-state index in [1.165, 1.54) is 19.3 Å². The topological polar surface area (TPSA) is 87.3 Å². The summed E-state index contributed by atoms with van der Waals surface area (Å²) >= 11 is 0. The van der Waals surface area contributed by atoms with Gasteiger partial charge < -0.3 is 10.6 Å². The van der Waals surface area contributed by atoms with Crippen molar-refractivity contribution >= 4 is 15.9 Å². The average molecular weight is 305 g/mol. The Bertz CT molecular complexity index is 392. The fourth-order valence-electron chi connectivity index (χ4n) is 2.33. The first-order valence-corrected chi connectivity index (χ1v) is 9.26. The van der Waals surface area contributed by atoms with Gasteiger partial charge in [0.2, 0.25) is 15.9 Å². The van der Waals surface area contributed by atoms with E-state index in [1.807, 2.05) is 6.92 Å². The third kappa shape index (κ3) is 7.81. The molecule has 1 fully saturated rings. The van der Waals surface area contributed by atoms with Crippen LogP contribution >= 0.6 is 0 Å². The zero-order valence-electron chi connectivity index (χ0n) is 12.4. The van der Waals surface area contributed by atoms with Crippen LogP contribution in [0.3, 0.4) is 0 Å². The molecule has 1 aliphatic carbocycles. The molecule has 1 amide bonds. The minimum absolute atomic E-state index is 0.0352. The predicted octanol–water partition coefficient (Wildman–Crippen LogP) is 0.353. The summed E-state index contributed by atoms with van der Waals surface area (Å²) in [6.07, 6.45) is 7.63. The molecule has 20 heavy (non-hydrogen) atoms. The second-order valence-corrected chi connectivity index (χ2v) is 7.37. The minimum Gasteiger partial charge on any atom is -0.352 e. The highest BCUT2D eigenvalue weighted by molar-refractivity contribution is 7.88. The molecule has 7 heteroatoms. The second-order valence-electron chi connectivity index (χ2n) is 5.54. The molecular weight excluding hydrogens is 278 g/mol. The SMILES string of the molecule is CC(NCCCNS(C)(=O)=O)C(=O)NC1CCCCC1. The zero-order chi connectivity index (χ0) is 15.0. The van der Waals surface area contributed by atoms with Gasteiger partial charge in [0, 0.05) is 12.6 Å². The van der Waals surface area contributed by atoms with E-state index in [2.05, 4.69) is 15.4 Å². The van der Waals surface area contributed by atoms with E-state index in [4.69, 9.17) is 0 Å². The van der Waals surface area contributed by atoms with E-state index in [0.717, 1.165) is 19.1 Å². The Kier molecular flexibility index (Phi) is 7.47. The van der Waals surface area contributed by atoms with Gasteiger partial charge in [0.15, 0.2) is 0 Å². The Balaban J connectivity index is 2.11. The maximum Gasteiger partial charge on any atom is 0.237 e. The van der Waals surface area contributed by atoms with Crippen LogP contribution in [0.1, 0.15) is 45.4 Å². The molecule has 0 saturated heterocycles. The monoisotopic (exact) mass is 305 g/mol. The lowest BCUT2D eigenvalue weighted by Crippen LogP contribution is -2.47. The van der Waals surface area contributed by atoms with Crippen LogP contribution in [0.2, 0.25) is 0 Å². The van der Waals surface area contributed by atoms with E-state index in [0.29, 0.717) is 25.6 Å². The first-order chi connectivity index (χ1) is 9.38. The average Bonchev–Trinajstić information content (AvgIpc) is 2.38. The van der Waals surface area contributed by atoms with Gasteiger partial charge in [0.1, 0.15) is 0 Å². The van der Waals surface area contributed by atoms with Crippen molar-refractivity contribution < 1.29 is 13.2 Å². The number of nitrogens with one attached hydrogen (secondary N) is 3. The molecular formula is C13H27N3O3S. The van der Waals surface area contributed by atoms with Crippen LogP contribution in [-0.2, 0) is 14.8 Å². The van der Waals surface area contributed by atoms with Crippen LogP contribution in [0.25, 0.3) is 0 Å². The molecule has 1 rings (SSSR count). The smallest absolute Gasteiger partial charge is 0.237 e. The highest BCUT2D eigenvalue weighted by Gasteiger charge is 2.18. The largest absolute Gasteiger partial charge is 0.352 e. The minimum atomic E-state index is -3.12. The number of hydrogen-bond donors (Lipinski definition) is 3. The van der Waals surface area contributed by atoms with Crippen molar-refractivity contribution in [3.05, 3.63) is 0 Å². The molecule has 0 bridgehead atoms. The second kappa shape index (κ2) is 8.59. The predicted molar refractivity (Wildman–Crippen MR) is 79.9 cm³/mol. The maximum atomic E-state index is 11.9. The van der Waals surface area contributed by atoms with E-state index < -0.39 is 10.0 Å². The van der Waals surface area contributed by atoms with E-state index in [9.17, 15) is 13.2 Å². The van der Waals surface area contributed by atoms with E-state index in [-0.39, 0.29) is 11.9 Å². The third-order valence-corrected chi connectivity index (χ3v) is 4.24. The summed E-state index contributed by atoms with van der Waals surface area (Å²) in [5, 5.41) is 6.18. The lowest BCUT2D eigenvalue weighted by atomic mass is 9.95. The molecule has 1 atom stereocenters. The fraction of sp³-hybridized carbons (Fsp3) is 0.923. The molecule has 0 radical (unpaired) electrons. The normalized spacial score (nSPS) is 18.7. The fourth-order valence-corrected chi connectivity index (χ4v) is 2.85.